The number of rotatable bonds is 3. The molecule has 3 nitrogen and oxygen atoms in total. The maximum Gasteiger partial charge on any atom is 0.119 e. The van der Waals surface area contributed by atoms with Gasteiger partial charge in [0.05, 0.1) is 13.2 Å². The largest absolute Gasteiger partial charge is 0.497 e. The second kappa shape index (κ2) is 5.21. The lowest BCUT2D eigenvalue weighted by Crippen LogP contribution is -2.28. The van der Waals surface area contributed by atoms with Gasteiger partial charge in [-0.15, -0.1) is 0 Å². The predicted molar refractivity (Wildman–Crippen MR) is 64.9 cm³/mol. The van der Waals surface area contributed by atoms with E-state index in [0.29, 0.717) is 6.04 Å². The van der Waals surface area contributed by atoms with E-state index in [-0.39, 0.29) is 6.10 Å². The third-order valence-electron chi connectivity index (χ3n) is 3.16. The van der Waals surface area contributed by atoms with Crippen molar-refractivity contribution in [2.45, 2.75) is 37.8 Å². The molecule has 1 fully saturated rings. The van der Waals surface area contributed by atoms with Gasteiger partial charge in [0, 0.05) is 11.7 Å². The molecule has 0 aliphatic heterocycles. The molecule has 3 heteroatoms. The minimum absolute atomic E-state index is 0.0890. The Morgan fingerprint density at radius 3 is 2.31 bits per heavy atom. The zero-order chi connectivity index (χ0) is 11.4. The lowest BCUT2D eigenvalue weighted by molar-refractivity contribution is 0.126. The van der Waals surface area contributed by atoms with Gasteiger partial charge in [-0.25, -0.2) is 0 Å². The molecule has 2 rings (SSSR count). The molecule has 1 aliphatic carbocycles. The summed E-state index contributed by atoms with van der Waals surface area (Å²) >= 11 is 0. The van der Waals surface area contributed by atoms with Gasteiger partial charge in [0.25, 0.3) is 0 Å². The van der Waals surface area contributed by atoms with Crippen LogP contribution in [-0.4, -0.2) is 24.4 Å². The number of methoxy groups -OCH3 is 1. The molecule has 1 saturated carbocycles. The summed E-state index contributed by atoms with van der Waals surface area (Å²) in [5.74, 6) is 0.879. The number of aliphatic hydroxyl groups excluding tert-OH is 1. The van der Waals surface area contributed by atoms with E-state index < -0.39 is 0 Å². The zero-order valence-electron chi connectivity index (χ0n) is 9.65. The third kappa shape index (κ3) is 2.89. The van der Waals surface area contributed by atoms with Crippen LogP contribution in [0.25, 0.3) is 0 Å². The highest BCUT2D eigenvalue weighted by molar-refractivity contribution is 5.47. The Hall–Kier alpha value is -1.22. The molecule has 0 atom stereocenters. The molecule has 88 valence electrons. The van der Waals surface area contributed by atoms with Crippen LogP contribution in [0.5, 0.6) is 5.75 Å². The van der Waals surface area contributed by atoms with E-state index in [1.807, 2.05) is 24.3 Å². The SMILES string of the molecule is COc1ccc(NC2CCC(O)CC2)cc1. The molecular formula is C13H19NO2. The average Bonchev–Trinajstić information content (AvgIpc) is 2.33. The van der Waals surface area contributed by atoms with Crippen LogP contribution in [0.3, 0.4) is 0 Å². The topological polar surface area (TPSA) is 41.5 Å². The van der Waals surface area contributed by atoms with Gasteiger partial charge in [0.1, 0.15) is 5.75 Å². The van der Waals surface area contributed by atoms with Gasteiger partial charge < -0.3 is 15.2 Å². The molecule has 16 heavy (non-hydrogen) atoms. The Labute approximate surface area is 96.4 Å². The summed E-state index contributed by atoms with van der Waals surface area (Å²) in [6.07, 6.45) is 3.83. The second-order valence-corrected chi connectivity index (χ2v) is 4.38. The fourth-order valence-electron chi connectivity index (χ4n) is 2.14. The fraction of sp³-hybridized carbons (Fsp3) is 0.538. The highest BCUT2D eigenvalue weighted by atomic mass is 16.5. The molecule has 1 aromatic rings. The van der Waals surface area contributed by atoms with Crippen molar-refractivity contribution in [2.75, 3.05) is 12.4 Å². The lowest BCUT2D eigenvalue weighted by atomic mass is 9.93. The Balaban J connectivity index is 1.88. The van der Waals surface area contributed by atoms with Crippen LogP contribution in [0.1, 0.15) is 25.7 Å². The van der Waals surface area contributed by atoms with Gasteiger partial charge in [-0.05, 0) is 49.9 Å². The maximum absolute atomic E-state index is 9.42. The van der Waals surface area contributed by atoms with Crippen molar-refractivity contribution in [3.63, 3.8) is 0 Å². The monoisotopic (exact) mass is 221 g/mol. The van der Waals surface area contributed by atoms with Gasteiger partial charge in [-0.3, -0.25) is 0 Å². The van der Waals surface area contributed by atoms with Gasteiger partial charge in [0.2, 0.25) is 0 Å². The molecule has 0 radical (unpaired) electrons. The molecule has 0 bridgehead atoms. The fourth-order valence-corrected chi connectivity index (χ4v) is 2.14. The van der Waals surface area contributed by atoms with Crippen LogP contribution in [0.15, 0.2) is 24.3 Å². The second-order valence-electron chi connectivity index (χ2n) is 4.38. The van der Waals surface area contributed by atoms with Crippen molar-refractivity contribution in [2.24, 2.45) is 0 Å². The molecule has 1 aliphatic rings. The summed E-state index contributed by atoms with van der Waals surface area (Å²) in [6.45, 7) is 0. The number of benzene rings is 1. The van der Waals surface area contributed by atoms with Gasteiger partial charge in [0.15, 0.2) is 0 Å². The van der Waals surface area contributed by atoms with Crippen molar-refractivity contribution >= 4 is 5.69 Å². The summed E-state index contributed by atoms with van der Waals surface area (Å²) in [5.41, 5.74) is 1.13. The van der Waals surface area contributed by atoms with E-state index in [1.54, 1.807) is 7.11 Å². The molecule has 0 heterocycles. The van der Waals surface area contributed by atoms with E-state index >= 15 is 0 Å². The average molecular weight is 221 g/mol. The smallest absolute Gasteiger partial charge is 0.119 e. The molecule has 0 spiro atoms. The number of ether oxygens (including phenoxy) is 1. The van der Waals surface area contributed by atoms with E-state index in [1.165, 1.54) is 0 Å². The number of hydrogen-bond donors (Lipinski definition) is 2. The highest BCUT2D eigenvalue weighted by Gasteiger charge is 2.18. The van der Waals surface area contributed by atoms with Crippen molar-refractivity contribution in [1.29, 1.82) is 0 Å². The molecule has 2 N–H and O–H groups in total. The van der Waals surface area contributed by atoms with Crippen molar-refractivity contribution < 1.29 is 9.84 Å². The van der Waals surface area contributed by atoms with Crippen molar-refractivity contribution in [3.8, 4) is 5.75 Å². The van der Waals surface area contributed by atoms with Crippen molar-refractivity contribution in [1.82, 2.24) is 0 Å². The first-order chi connectivity index (χ1) is 7.78. The predicted octanol–water partition coefficient (Wildman–Crippen LogP) is 2.41. The molecule has 0 amide bonds. The normalized spacial score (nSPS) is 25.1. The van der Waals surface area contributed by atoms with E-state index in [0.717, 1.165) is 37.1 Å². The zero-order valence-corrected chi connectivity index (χ0v) is 9.65. The number of nitrogens with one attached hydrogen (secondary N) is 1. The van der Waals surface area contributed by atoms with Crippen LogP contribution in [0.4, 0.5) is 5.69 Å². The molecule has 0 saturated heterocycles. The first-order valence-corrected chi connectivity index (χ1v) is 5.86. The first-order valence-electron chi connectivity index (χ1n) is 5.86. The van der Waals surface area contributed by atoms with Crippen molar-refractivity contribution in [3.05, 3.63) is 24.3 Å². The highest BCUT2D eigenvalue weighted by Crippen LogP contribution is 2.23. The van der Waals surface area contributed by atoms with E-state index in [4.69, 9.17) is 4.74 Å². The lowest BCUT2D eigenvalue weighted by Gasteiger charge is -2.27. The first kappa shape index (κ1) is 11.3. The summed E-state index contributed by atoms with van der Waals surface area (Å²) in [5, 5.41) is 12.9. The summed E-state index contributed by atoms with van der Waals surface area (Å²) in [6, 6.07) is 8.48. The third-order valence-corrected chi connectivity index (χ3v) is 3.16. The van der Waals surface area contributed by atoms with Crippen LogP contribution < -0.4 is 10.1 Å². The van der Waals surface area contributed by atoms with Crippen LogP contribution >= 0.6 is 0 Å². The summed E-state index contributed by atoms with van der Waals surface area (Å²) in [4.78, 5) is 0. The standard InChI is InChI=1S/C13H19NO2/c1-16-13-8-4-11(5-9-13)14-10-2-6-12(15)7-3-10/h4-5,8-10,12,14-15H,2-3,6-7H2,1H3. The Kier molecular flexibility index (Phi) is 3.67. The van der Waals surface area contributed by atoms with Crippen LogP contribution in [0.2, 0.25) is 0 Å². The Morgan fingerprint density at radius 1 is 1.12 bits per heavy atom. The van der Waals surface area contributed by atoms with Gasteiger partial charge in [-0.2, -0.15) is 0 Å². The summed E-state index contributed by atoms with van der Waals surface area (Å²) in [7, 11) is 1.67. The molecular weight excluding hydrogens is 202 g/mol. The molecule has 0 unspecified atom stereocenters. The van der Waals surface area contributed by atoms with Gasteiger partial charge >= 0.3 is 0 Å². The number of anilines is 1. The van der Waals surface area contributed by atoms with E-state index in [9.17, 15) is 5.11 Å². The molecule has 0 aromatic heterocycles. The van der Waals surface area contributed by atoms with Gasteiger partial charge in [-0.1, -0.05) is 0 Å². The number of aliphatic hydroxyl groups is 1. The molecule has 1 aromatic carbocycles. The Bertz CT molecular complexity index is 315. The number of hydrogen-bond acceptors (Lipinski definition) is 3. The maximum atomic E-state index is 9.42. The summed E-state index contributed by atoms with van der Waals surface area (Å²) < 4.78 is 5.11. The Morgan fingerprint density at radius 2 is 1.75 bits per heavy atom. The minimum Gasteiger partial charge on any atom is -0.497 e. The van der Waals surface area contributed by atoms with Crippen LogP contribution in [-0.2, 0) is 0 Å². The quantitative estimate of drug-likeness (QED) is 0.823. The minimum atomic E-state index is -0.0890. The van der Waals surface area contributed by atoms with E-state index in [2.05, 4.69) is 5.32 Å². The van der Waals surface area contributed by atoms with Crippen LogP contribution in [0, 0.1) is 0 Å².